The number of aliphatic hydroxyl groups excluding tert-OH is 1. The summed E-state index contributed by atoms with van der Waals surface area (Å²) < 4.78 is 16.7. The van der Waals surface area contributed by atoms with Crippen LogP contribution in [0.4, 0.5) is 10.5 Å². The number of carbonyl (C=O) groups excluding carboxylic acids is 1. The van der Waals surface area contributed by atoms with Crippen LogP contribution in [0.2, 0.25) is 0 Å². The summed E-state index contributed by atoms with van der Waals surface area (Å²) >= 11 is 0. The zero-order valence-electron chi connectivity index (χ0n) is 14.0. The number of fused-ring (bicyclic) bond motifs is 1. The fourth-order valence-corrected chi connectivity index (χ4v) is 3.17. The third kappa shape index (κ3) is 3.65. The van der Waals surface area contributed by atoms with Crippen molar-refractivity contribution in [2.24, 2.45) is 0 Å². The molecule has 3 N–H and O–H groups in total. The highest BCUT2D eigenvalue weighted by Gasteiger charge is 2.47. The van der Waals surface area contributed by atoms with Crippen molar-refractivity contribution in [2.45, 2.75) is 24.4 Å². The van der Waals surface area contributed by atoms with E-state index in [1.54, 1.807) is 24.3 Å². The van der Waals surface area contributed by atoms with E-state index < -0.39 is 6.10 Å². The molecule has 0 aromatic heterocycles. The molecule has 4 atom stereocenters. The molecule has 7 nitrogen and oxygen atoms in total. The Morgan fingerprint density at radius 2 is 1.65 bits per heavy atom. The number of hydrogen-bond donors (Lipinski definition) is 3. The van der Waals surface area contributed by atoms with E-state index in [2.05, 4.69) is 10.6 Å². The number of para-hydroxylation sites is 1. The maximum atomic E-state index is 12.2. The standard InChI is InChI=1S/C19H20N2O5/c22-16-11-25-17-15(10-24-18(16)17)21-19(23)20-12-6-8-14(9-7-12)26-13-4-2-1-3-5-13/h1-9,15-18,22H,10-11H2,(H2,20,21,23)/t15-,16-,17-,18+/m1/s1. The molecule has 2 heterocycles. The van der Waals surface area contributed by atoms with Gasteiger partial charge in [0.05, 0.1) is 19.3 Å². The minimum atomic E-state index is -0.632. The van der Waals surface area contributed by atoms with Crippen LogP contribution in [0.25, 0.3) is 0 Å². The Hall–Kier alpha value is -2.61. The van der Waals surface area contributed by atoms with Crippen LogP contribution in [-0.4, -0.2) is 48.7 Å². The summed E-state index contributed by atoms with van der Waals surface area (Å²) in [6.45, 7) is 0.557. The van der Waals surface area contributed by atoms with Gasteiger partial charge in [0.1, 0.15) is 29.8 Å². The van der Waals surface area contributed by atoms with E-state index in [1.807, 2.05) is 30.3 Å². The summed E-state index contributed by atoms with van der Waals surface area (Å²) in [6.07, 6.45) is -1.31. The lowest BCUT2D eigenvalue weighted by molar-refractivity contribution is 0.0180. The molecule has 136 valence electrons. The average Bonchev–Trinajstić information content (AvgIpc) is 3.21. The zero-order chi connectivity index (χ0) is 17.9. The van der Waals surface area contributed by atoms with E-state index in [-0.39, 0.29) is 30.9 Å². The van der Waals surface area contributed by atoms with E-state index in [4.69, 9.17) is 14.2 Å². The minimum absolute atomic E-state index is 0.234. The second-order valence-corrected chi connectivity index (χ2v) is 6.31. The number of ether oxygens (including phenoxy) is 3. The van der Waals surface area contributed by atoms with Gasteiger partial charge in [0, 0.05) is 5.69 Å². The number of anilines is 1. The van der Waals surface area contributed by atoms with Crippen molar-refractivity contribution in [3.63, 3.8) is 0 Å². The molecule has 0 unspecified atom stereocenters. The summed E-state index contributed by atoms with van der Waals surface area (Å²) in [7, 11) is 0. The maximum absolute atomic E-state index is 12.2. The average molecular weight is 356 g/mol. The van der Waals surface area contributed by atoms with Gasteiger partial charge in [-0.15, -0.1) is 0 Å². The molecule has 0 radical (unpaired) electrons. The van der Waals surface area contributed by atoms with Gasteiger partial charge in [-0.3, -0.25) is 0 Å². The third-order valence-electron chi connectivity index (χ3n) is 4.43. The molecule has 2 saturated heterocycles. The van der Waals surface area contributed by atoms with Crippen LogP contribution in [0.15, 0.2) is 54.6 Å². The highest BCUT2D eigenvalue weighted by atomic mass is 16.6. The van der Waals surface area contributed by atoms with E-state index in [0.717, 1.165) is 5.75 Å². The van der Waals surface area contributed by atoms with Gasteiger partial charge in [-0.25, -0.2) is 4.79 Å². The van der Waals surface area contributed by atoms with Crippen molar-refractivity contribution >= 4 is 11.7 Å². The summed E-state index contributed by atoms with van der Waals surface area (Å²) in [5.41, 5.74) is 0.644. The van der Waals surface area contributed by atoms with Gasteiger partial charge in [-0.1, -0.05) is 18.2 Å². The predicted octanol–water partition coefficient (Wildman–Crippen LogP) is 2.13. The first kappa shape index (κ1) is 16.8. The minimum Gasteiger partial charge on any atom is -0.457 e. The summed E-state index contributed by atoms with van der Waals surface area (Å²) in [6, 6.07) is 16.0. The molecule has 2 aromatic rings. The molecule has 0 spiro atoms. The molecule has 2 fully saturated rings. The second-order valence-electron chi connectivity index (χ2n) is 6.31. The molecule has 4 rings (SSSR count). The second kappa shape index (κ2) is 7.33. The fraction of sp³-hybridized carbons (Fsp3) is 0.316. The molecule has 2 aliphatic heterocycles. The van der Waals surface area contributed by atoms with Gasteiger partial charge in [-0.05, 0) is 36.4 Å². The van der Waals surface area contributed by atoms with Crippen LogP contribution in [0.1, 0.15) is 0 Å². The van der Waals surface area contributed by atoms with Crippen molar-refractivity contribution in [1.29, 1.82) is 0 Å². The number of amides is 2. The Morgan fingerprint density at radius 3 is 2.42 bits per heavy atom. The van der Waals surface area contributed by atoms with E-state index >= 15 is 0 Å². The molecule has 2 amide bonds. The molecule has 26 heavy (non-hydrogen) atoms. The Balaban J connectivity index is 1.30. The summed E-state index contributed by atoms with van der Waals surface area (Å²) in [4.78, 5) is 12.2. The normalized spacial score (nSPS) is 27.0. The molecule has 7 heteroatoms. The smallest absolute Gasteiger partial charge is 0.319 e. The quantitative estimate of drug-likeness (QED) is 0.781. The Morgan fingerprint density at radius 1 is 0.962 bits per heavy atom. The van der Waals surface area contributed by atoms with Gasteiger partial charge in [0.2, 0.25) is 0 Å². The maximum Gasteiger partial charge on any atom is 0.319 e. The number of carbonyl (C=O) groups is 1. The van der Waals surface area contributed by atoms with Gasteiger partial charge >= 0.3 is 6.03 Å². The zero-order valence-corrected chi connectivity index (χ0v) is 14.0. The number of rotatable bonds is 4. The van der Waals surface area contributed by atoms with Crippen LogP contribution < -0.4 is 15.4 Å². The number of benzene rings is 2. The first-order valence-electron chi connectivity index (χ1n) is 8.51. The highest BCUT2D eigenvalue weighted by Crippen LogP contribution is 2.27. The first-order valence-corrected chi connectivity index (χ1v) is 8.51. The van der Waals surface area contributed by atoms with Crippen molar-refractivity contribution < 1.29 is 24.1 Å². The van der Waals surface area contributed by atoms with E-state index in [1.165, 1.54) is 0 Å². The number of urea groups is 1. The lowest BCUT2D eigenvalue weighted by Crippen LogP contribution is -2.46. The largest absolute Gasteiger partial charge is 0.457 e. The van der Waals surface area contributed by atoms with Crippen LogP contribution in [0, 0.1) is 0 Å². The van der Waals surface area contributed by atoms with Crippen LogP contribution in [-0.2, 0) is 9.47 Å². The van der Waals surface area contributed by atoms with E-state index in [9.17, 15) is 9.90 Å². The van der Waals surface area contributed by atoms with Crippen molar-refractivity contribution in [3.05, 3.63) is 54.6 Å². The number of hydrogen-bond acceptors (Lipinski definition) is 5. The molecule has 0 saturated carbocycles. The van der Waals surface area contributed by atoms with Gasteiger partial charge in [0.25, 0.3) is 0 Å². The van der Waals surface area contributed by atoms with Crippen molar-refractivity contribution in [1.82, 2.24) is 5.32 Å². The van der Waals surface area contributed by atoms with Crippen LogP contribution >= 0.6 is 0 Å². The third-order valence-corrected chi connectivity index (χ3v) is 4.43. The van der Waals surface area contributed by atoms with E-state index in [0.29, 0.717) is 18.0 Å². The predicted molar refractivity (Wildman–Crippen MR) is 94.4 cm³/mol. The van der Waals surface area contributed by atoms with Crippen LogP contribution in [0.3, 0.4) is 0 Å². The Kier molecular flexibility index (Phi) is 4.75. The lowest BCUT2D eigenvalue weighted by Gasteiger charge is -2.17. The van der Waals surface area contributed by atoms with Crippen molar-refractivity contribution in [3.8, 4) is 11.5 Å². The summed E-state index contributed by atoms with van der Waals surface area (Å²) in [5.74, 6) is 1.43. The Bertz CT molecular complexity index is 752. The number of nitrogens with one attached hydrogen (secondary N) is 2. The van der Waals surface area contributed by atoms with Gasteiger partial charge in [-0.2, -0.15) is 0 Å². The molecule has 0 bridgehead atoms. The van der Waals surface area contributed by atoms with Gasteiger partial charge in [0.15, 0.2) is 0 Å². The molecular weight excluding hydrogens is 336 g/mol. The lowest BCUT2D eigenvalue weighted by atomic mass is 10.1. The van der Waals surface area contributed by atoms with Crippen molar-refractivity contribution in [2.75, 3.05) is 18.5 Å². The molecule has 2 aromatic carbocycles. The highest BCUT2D eigenvalue weighted by molar-refractivity contribution is 5.89. The fourth-order valence-electron chi connectivity index (χ4n) is 3.17. The molecular formula is C19H20N2O5. The van der Waals surface area contributed by atoms with Crippen LogP contribution in [0.5, 0.6) is 11.5 Å². The molecule has 0 aliphatic carbocycles. The monoisotopic (exact) mass is 356 g/mol. The topological polar surface area (TPSA) is 89.1 Å². The number of aliphatic hydroxyl groups is 1. The summed E-state index contributed by atoms with van der Waals surface area (Å²) in [5, 5.41) is 15.3. The SMILES string of the molecule is O=C(Nc1ccc(Oc2ccccc2)cc1)N[C@@H]1CO[C@@H]2[C@@H]1OC[C@H]2O. The first-order chi connectivity index (χ1) is 12.7. The molecule has 2 aliphatic rings. The Labute approximate surface area is 150 Å². The van der Waals surface area contributed by atoms with Gasteiger partial charge < -0.3 is 30.0 Å².